The predicted octanol–water partition coefficient (Wildman–Crippen LogP) is 4.75. The van der Waals surface area contributed by atoms with Crippen LogP contribution in [0.3, 0.4) is 0 Å². The molecule has 0 spiro atoms. The van der Waals surface area contributed by atoms with Gasteiger partial charge < -0.3 is 14.4 Å². The number of benzene rings is 2. The SMILES string of the molecule is CCOCCCN1C(=O)C(c2ccc(OCC(C)C)cc2)=C(N(CC)c2ccccc2)C1=O. The molecule has 0 fully saturated rings. The lowest BCUT2D eigenvalue weighted by Crippen LogP contribution is -2.36. The summed E-state index contributed by atoms with van der Waals surface area (Å²) >= 11 is 0. The molecule has 0 aromatic heterocycles. The van der Waals surface area contributed by atoms with Crippen LogP contribution in [0.4, 0.5) is 5.69 Å². The molecule has 1 heterocycles. The molecule has 2 aromatic rings. The summed E-state index contributed by atoms with van der Waals surface area (Å²) in [6.07, 6.45) is 0.603. The average Bonchev–Trinajstić information content (AvgIpc) is 3.06. The molecule has 2 amide bonds. The zero-order valence-corrected chi connectivity index (χ0v) is 20.0. The van der Waals surface area contributed by atoms with Gasteiger partial charge in [-0.15, -0.1) is 0 Å². The summed E-state index contributed by atoms with van der Waals surface area (Å²) in [5.74, 6) is 0.631. The second-order valence-corrected chi connectivity index (χ2v) is 8.35. The number of imide groups is 1. The monoisotopic (exact) mass is 450 g/mol. The molecule has 1 aliphatic rings. The number of hydrogen-bond acceptors (Lipinski definition) is 5. The number of ether oxygens (including phenoxy) is 2. The highest BCUT2D eigenvalue weighted by Crippen LogP contribution is 2.34. The molecular formula is C27H34N2O4. The third-order valence-electron chi connectivity index (χ3n) is 5.40. The Kier molecular flexibility index (Phi) is 8.66. The van der Waals surface area contributed by atoms with Crippen LogP contribution in [0.1, 0.15) is 39.7 Å². The summed E-state index contributed by atoms with van der Waals surface area (Å²) in [7, 11) is 0. The van der Waals surface area contributed by atoms with Gasteiger partial charge in [0.1, 0.15) is 11.4 Å². The molecule has 6 heteroatoms. The fraction of sp³-hybridized carbons (Fsp3) is 0.407. The Morgan fingerprint density at radius 3 is 2.24 bits per heavy atom. The summed E-state index contributed by atoms with van der Waals surface area (Å²) < 4.78 is 11.2. The van der Waals surface area contributed by atoms with Crippen LogP contribution >= 0.6 is 0 Å². The Labute approximate surface area is 196 Å². The number of amides is 2. The molecule has 0 saturated carbocycles. The van der Waals surface area contributed by atoms with E-state index in [9.17, 15) is 9.59 Å². The van der Waals surface area contributed by atoms with Crippen LogP contribution < -0.4 is 9.64 Å². The van der Waals surface area contributed by atoms with Crippen LogP contribution in [0.15, 0.2) is 60.3 Å². The van der Waals surface area contributed by atoms with Crippen LogP contribution in [-0.4, -0.2) is 49.6 Å². The van der Waals surface area contributed by atoms with E-state index < -0.39 is 0 Å². The largest absolute Gasteiger partial charge is 0.493 e. The zero-order valence-electron chi connectivity index (χ0n) is 20.0. The van der Waals surface area contributed by atoms with Crippen molar-refractivity contribution in [3.8, 4) is 5.75 Å². The van der Waals surface area contributed by atoms with Crippen LogP contribution in [0, 0.1) is 5.92 Å². The highest BCUT2D eigenvalue weighted by molar-refractivity contribution is 6.36. The number of carbonyl (C=O) groups is 2. The number of para-hydroxylation sites is 1. The molecule has 0 N–H and O–H groups in total. The first-order valence-corrected chi connectivity index (χ1v) is 11.7. The van der Waals surface area contributed by atoms with Gasteiger partial charge in [-0.3, -0.25) is 14.5 Å². The maximum absolute atomic E-state index is 13.5. The topological polar surface area (TPSA) is 59.1 Å². The van der Waals surface area contributed by atoms with Crippen molar-refractivity contribution in [3.63, 3.8) is 0 Å². The van der Waals surface area contributed by atoms with Crippen molar-refractivity contribution in [1.29, 1.82) is 0 Å². The van der Waals surface area contributed by atoms with Crippen LogP contribution in [-0.2, 0) is 14.3 Å². The lowest BCUT2D eigenvalue weighted by molar-refractivity contribution is -0.137. The Morgan fingerprint density at radius 2 is 1.64 bits per heavy atom. The van der Waals surface area contributed by atoms with Gasteiger partial charge in [-0.2, -0.15) is 0 Å². The van der Waals surface area contributed by atoms with Gasteiger partial charge in [0.2, 0.25) is 0 Å². The quantitative estimate of drug-likeness (QED) is 0.345. The number of likely N-dealkylation sites (N-methyl/N-ethyl adjacent to an activating group) is 1. The van der Waals surface area contributed by atoms with Gasteiger partial charge in [0, 0.05) is 32.0 Å². The Bertz CT molecular complexity index is 967. The number of rotatable bonds is 12. The van der Waals surface area contributed by atoms with Gasteiger partial charge in [-0.05, 0) is 56.0 Å². The first-order valence-electron chi connectivity index (χ1n) is 11.7. The summed E-state index contributed by atoms with van der Waals surface area (Å²) in [5, 5.41) is 0. The maximum atomic E-state index is 13.5. The third kappa shape index (κ3) is 5.82. The van der Waals surface area contributed by atoms with Crippen molar-refractivity contribution in [3.05, 3.63) is 65.9 Å². The standard InChI is InChI=1S/C27H34N2O4/c1-5-28(22-11-8-7-9-12-22)25-24(21-13-15-23(16-14-21)33-19-20(3)4)26(30)29(27(25)31)17-10-18-32-6-2/h7-9,11-16,20H,5-6,10,17-19H2,1-4H3. The average molecular weight is 451 g/mol. The van der Waals surface area contributed by atoms with Gasteiger partial charge in [-0.1, -0.05) is 44.2 Å². The van der Waals surface area contributed by atoms with Gasteiger partial charge in [0.15, 0.2) is 0 Å². The number of carbonyl (C=O) groups excluding carboxylic acids is 2. The van der Waals surface area contributed by atoms with Crippen molar-refractivity contribution in [2.75, 3.05) is 37.8 Å². The summed E-state index contributed by atoms with van der Waals surface area (Å²) in [6, 6.07) is 17.1. The van der Waals surface area contributed by atoms with Crippen LogP contribution in [0.2, 0.25) is 0 Å². The smallest absolute Gasteiger partial charge is 0.278 e. The fourth-order valence-electron chi connectivity index (χ4n) is 3.80. The number of anilines is 1. The van der Waals surface area contributed by atoms with Crippen molar-refractivity contribution >= 4 is 23.1 Å². The molecule has 0 aliphatic carbocycles. The normalized spacial score (nSPS) is 13.9. The van der Waals surface area contributed by atoms with E-state index in [2.05, 4.69) is 13.8 Å². The highest BCUT2D eigenvalue weighted by Gasteiger charge is 2.41. The molecule has 0 radical (unpaired) electrons. The molecule has 1 aliphatic heterocycles. The van der Waals surface area contributed by atoms with Gasteiger partial charge in [0.25, 0.3) is 11.8 Å². The minimum absolute atomic E-state index is 0.266. The Hall–Kier alpha value is -3.12. The Morgan fingerprint density at radius 1 is 0.939 bits per heavy atom. The van der Waals surface area contributed by atoms with Gasteiger partial charge in [0.05, 0.1) is 12.2 Å². The van der Waals surface area contributed by atoms with E-state index in [1.54, 1.807) is 0 Å². The summed E-state index contributed by atoms with van der Waals surface area (Å²) in [4.78, 5) is 30.3. The minimum atomic E-state index is -0.267. The van der Waals surface area contributed by atoms with Crippen molar-refractivity contribution in [2.45, 2.75) is 34.1 Å². The zero-order chi connectivity index (χ0) is 23.8. The number of nitrogens with zero attached hydrogens (tertiary/aromatic N) is 2. The molecule has 0 atom stereocenters. The predicted molar refractivity (Wildman–Crippen MR) is 131 cm³/mol. The molecule has 176 valence electrons. The summed E-state index contributed by atoms with van der Waals surface area (Å²) in [5.41, 5.74) is 2.43. The molecule has 0 saturated heterocycles. The molecule has 2 aromatic carbocycles. The van der Waals surface area contributed by atoms with Crippen molar-refractivity contribution in [1.82, 2.24) is 4.90 Å². The minimum Gasteiger partial charge on any atom is -0.493 e. The molecule has 0 bridgehead atoms. The lowest BCUT2D eigenvalue weighted by atomic mass is 10.0. The second-order valence-electron chi connectivity index (χ2n) is 8.35. The van der Waals surface area contributed by atoms with Gasteiger partial charge >= 0.3 is 0 Å². The molecule has 0 unspecified atom stereocenters. The van der Waals surface area contributed by atoms with Crippen molar-refractivity contribution < 1.29 is 19.1 Å². The van der Waals surface area contributed by atoms with E-state index in [-0.39, 0.29) is 11.8 Å². The highest BCUT2D eigenvalue weighted by atomic mass is 16.5. The first kappa shape index (κ1) is 24.5. The van der Waals surface area contributed by atoms with E-state index in [4.69, 9.17) is 9.47 Å². The van der Waals surface area contributed by atoms with Gasteiger partial charge in [-0.25, -0.2) is 0 Å². The summed E-state index contributed by atoms with van der Waals surface area (Å²) in [6.45, 7) is 10.7. The Balaban J connectivity index is 1.98. The third-order valence-corrected chi connectivity index (χ3v) is 5.40. The fourth-order valence-corrected chi connectivity index (χ4v) is 3.80. The molecule has 33 heavy (non-hydrogen) atoms. The molecular weight excluding hydrogens is 416 g/mol. The number of hydrogen-bond donors (Lipinski definition) is 0. The molecule has 3 rings (SSSR count). The molecule has 6 nitrogen and oxygen atoms in total. The van der Waals surface area contributed by atoms with E-state index in [0.29, 0.717) is 62.1 Å². The maximum Gasteiger partial charge on any atom is 0.278 e. The van der Waals surface area contributed by atoms with Crippen molar-refractivity contribution in [2.24, 2.45) is 5.92 Å². The second kappa shape index (κ2) is 11.7. The first-order chi connectivity index (χ1) is 16.0. The lowest BCUT2D eigenvalue weighted by Gasteiger charge is -2.25. The van der Waals surface area contributed by atoms with Crippen LogP contribution in [0.25, 0.3) is 5.57 Å². The van der Waals surface area contributed by atoms with E-state index in [1.807, 2.05) is 73.3 Å². The van der Waals surface area contributed by atoms with Crippen LogP contribution in [0.5, 0.6) is 5.75 Å². The van der Waals surface area contributed by atoms with E-state index in [1.165, 1.54) is 4.90 Å². The van der Waals surface area contributed by atoms with E-state index in [0.717, 1.165) is 11.4 Å². The van der Waals surface area contributed by atoms with E-state index >= 15 is 0 Å².